The number of carbonyl (C=O) groups is 1. The molecule has 0 saturated heterocycles. The summed E-state index contributed by atoms with van der Waals surface area (Å²) >= 11 is 0. The highest BCUT2D eigenvalue weighted by Crippen LogP contribution is 2.23. The molecule has 1 heterocycles. The largest absolute Gasteiger partial charge is 0.494 e. The Balaban J connectivity index is 1.83. The van der Waals surface area contributed by atoms with Crippen molar-refractivity contribution in [3.8, 4) is 5.75 Å². The van der Waals surface area contributed by atoms with Crippen LogP contribution < -0.4 is 10.1 Å². The van der Waals surface area contributed by atoms with Crippen LogP contribution in [0.25, 0.3) is 6.08 Å². The van der Waals surface area contributed by atoms with E-state index < -0.39 is 23.6 Å². The summed E-state index contributed by atoms with van der Waals surface area (Å²) in [6.07, 6.45) is 6.02. The molecule has 28 heavy (non-hydrogen) atoms. The van der Waals surface area contributed by atoms with E-state index in [1.54, 1.807) is 48.3 Å². The van der Waals surface area contributed by atoms with Crippen molar-refractivity contribution in [3.63, 3.8) is 0 Å². The van der Waals surface area contributed by atoms with E-state index in [0.717, 1.165) is 0 Å². The van der Waals surface area contributed by atoms with Gasteiger partial charge in [0.2, 0.25) is 5.91 Å². The van der Waals surface area contributed by atoms with Crippen molar-refractivity contribution in [2.75, 3.05) is 7.11 Å². The van der Waals surface area contributed by atoms with Gasteiger partial charge in [0, 0.05) is 31.1 Å². The van der Waals surface area contributed by atoms with Crippen LogP contribution >= 0.6 is 0 Å². The average Bonchev–Trinajstić information content (AvgIpc) is 3.11. The molecule has 7 heteroatoms. The number of nitrogens with zero attached hydrogens (tertiary/aromatic N) is 2. The Bertz CT molecular complexity index is 1010. The smallest absolute Gasteiger partial charge is 0.244 e. The SMILES string of the molecule is COc1ccc(/C=C/C(=O)NC(c2ccccc2F)c2nccn2C)cc1F. The molecule has 3 aromatic rings. The number of aryl methyl sites for hydroxylation is 1. The van der Waals surface area contributed by atoms with Crippen molar-refractivity contribution in [2.24, 2.45) is 7.05 Å². The van der Waals surface area contributed by atoms with Gasteiger partial charge in [-0.2, -0.15) is 0 Å². The summed E-state index contributed by atoms with van der Waals surface area (Å²) in [6, 6.07) is 9.78. The molecule has 0 bridgehead atoms. The van der Waals surface area contributed by atoms with Gasteiger partial charge in [-0.1, -0.05) is 24.3 Å². The predicted molar refractivity (Wildman–Crippen MR) is 102 cm³/mol. The van der Waals surface area contributed by atoms with E-state index in [9.17, 15) is 13.6 Å². The topological polar surface area (TPSA) is 56.1 Å². The van der Waals surface area contributed by atoms with Crippen LogP contribution in [-0.2, 0) is 11.8 Å². The summed E-state index contributed by atoms with van der Waals surface area (Å²) in [6.45, 7) is 0. The summed E-state index contributed by atoms with van der Waals surface area (Å²) in [5.41, 5.74) is 0.793. The van der Waals surface area contributed by atoms with Crippen LogP contribution in [-0.4, -0.2) is 22.6 Å². The molecule has 144 valence electrons. The first-order chi connectivity index (χ1) is 13.5. The molecule has 2 aromatic carbocycles. The Morgan fingerprint density at radius 3 is 2.64 bits per heavy atom. The Morgan fingerprint density at radius 2 is 2.00 bits per heavy atom. The Kier molecular flexibility index (Phi) is 5.84. The molecule has 0 aliphatic rings. The number of halogens is 2. The van der Waals surface area contributed by atoms with Gasteiger partial charge < -0.3 is 14.6 Å². The maximum Gasteiger partial charge on any atom is 0.244 e. The summed E-state index contributed by atoms with van der Waals surface area (Å²) < 4.78 is 34.7. The summed E-state index contributed by atoms with van der Waals surface area (Å²) in [5.74, 6) is -0.829. The second-order valence-corrected chi connectivity index (χ2v) is 6.09. The minimum absolute atomic E-state index is 0.121. The zero-order valence-corrected chi connectivity index (χ0v) is 15.4. The van der Waals surface area contributed by atoms with Crippen LogP contribution in [0, 0.1) is 11.6 Å². The van der Waals surface area contributed by atoms with E-state index in [0.29, 0.717) is 17.0 Å². The molecule has 0 fully saturated rings. The quantitative estimate of drug-likeness (QED) is 0.662. The highest BCUT2D eigenvalue weighted by Gasteiger charge is 2.22. The van der Waals surface area contributed by atoms with Gasteiger partial charge >= 0.3 is 0 Å². The normalized spacial score (nSPS) is 12.1. The van der Waals surface area contributed by atoms with Crippen LogP contribution in [0.1, 0.15) is 23.0 Å². The standard InChI is InChI=1S/C21H19F2N3O2/c1-26-12-11-24-21(26)20(15-5-3-4-6-16(15)22)25-19(27)10-8-14-7-9-18(28-2)17(23)13-14/h3-13,20H,1-2H3,(H,25,27)/b10-8+. The molecule has 1 amide bonds. The molecule has 0 aliphatic heterocycles. The Labute approximate surface area is 161 Å². The highest BCUT2D eigenvalue weighted by molar-refractivity contribution is 5.92. The van der Waals surface area contributed by atoms with Crippen molar-refractivity contribution in [2.45, 2.75) is 6.04 Å². The van der Waals surface area contributed by atoms with Crippen molar-refractivity contribution in [1.82, 2.24) is 14.9 Å². The number of aromatic nitrogens is 2. The number of nitrogens with one attached hydrogen (secondary N) is 1. The fourth-order valence-corrected chi connectivity index (χ4v) is 2.79. The summed E-state index contributed by atoms with van der Waals surface area (Å²) in [4.78, 5) is 16.7. The first-order valence-corrected chi connectivity index (χ1v) is 8.53. The van der Waals surface area contributed by atoms with Crippen LogP contribution in [0.2, 0.25) is 0 Å². The number of methoxy groups -OCH3 is 1. The zero-order chi connectivity index (χ0) is 20.1. The lowest BCUT2D eigenvalue weighted by Crippen LogP contribution is -2.30. The van der Waals surface area contributed by atoms with E-state index in [1.807, 2.05) is 0 Å². The highest BCUT2D eigenvalue weighted by atomic mass is 19.1. The van der Waals surface area contributed by atoms with Crippen molar-refractivity contribution >= 4 is 12.0 Å². The number of hydrogen-bond donors (Lipinski definition) is 1. The van der Waals surface area contributed by atoms with Crippen LogP contribution in [0.5, 0.6) is 5.75 Å². The van der Waals surface area contributed by atoms with Gasteiger partial charge in [-0.3, -0.25) is 4.79 Å². The van der Waals surface area contributed by atoms with E-state index >= 15 is 0 Å². The van der Waals surface area contributed by atoms with E-state index in [-0.39, 0.29) is 5.75 Å². The lowest BCUT2D eigenvalue weighted by Gasteiger charge is -2.18. The summed E-state index contributed by atoms with van der Waals surface area (Å²) in [7, 11) is 3.14. The van der Waals surface area contributed by atoms with Crippen molar-refractivity contribution < 1.29 is 18.3 Å². The summed E-state index contributed by atoms with van der Waals surface area (Å²) in [5, 5.41) is 2.76. The zero-order valence-electron chi connectivity index (χ0n) is 15.4. The first-order valence-electron chi connectivity index (χ1n) is 8.53. The number of rotatable bonds is 6. The predicted octanol–water partition coefficient (Wildman–Crippen LogP) is 3.63. The van der Waals surface area contributed by atoms with Gasteiger partial charge in [0.25, 0.3) is 0 Å². The average molecular weight is 383 g/mol. The molecule has 0 aliphatic carbocycles. The van der Waals surface area contributed by atoms with Crippen LogP contribution in [0.3, 0.4) is 0 Å². The van der Waals surface area contributed by atoms with E-state index in [1.165, 1.54) is 37.5 Å². The molecule has 3 rings (SSSR count). The van der Waals surface area contributed by atoms with Gasteiger partial charge in [0.05, 0.1) is 7.11 Å². The fraction of sp³-hybridized carbons (Fsp3) is 0.143. The molecule has 0 saturated carbocycles. The number of amides is 1. The molecule has 1 unspecified atom stereocenters. The minimum atomic E-state index is -0.772. The molecule has 1 atom stereocenters. The number of benzene rings is 2. The minimum Gasteiger partial charge on any atom is -0.494 e. The second kappa shape index (κ2) is 8.47. The van der Waals surface area contributed by atoms with Gasteiger partial charge in [-0.25, -0.2) is 13.8 Å². The number of carbonyl (C=O) groups excluding carboxylic acids is 1. The van der Waals surface area contributed by atoms with Crippen molar-refractivity contribution in [1.29, 1.82) is 0 Å². The molecule has 0 spiro atoms. The molecular formula is C21H19F2N3O2. The molecule has 0 radical (unpaired) electrons. The molecule has 5 nitrogen and oxygen atoms in total. The molecule has 1 N–H and O–H groups in total. The maximum atomic E-state index is 14.3. The number of imidazole rings is 1. The monoisotopic (exact) mass is 383 g/mol. The first kappa shape index (κ1) is 19.3. The fourth-order valence-electron chi connectivity index (χ4n) is 2.79. The molecule has 1 aromatic heterocycles. The second-order valence-electron chi connectivity index (χ2n) is 6.09. The van der Waals surface area contributed by atoms with Gasteiger partial charge in [-0.15, -0.1) is 0 Å². The van der Waals surface area contributed by atoms with Gasteiger partial charge in [-0.05, 0) is 29.8 Å². The lowest BCUT2D eigenvalue weighted by atomic mass is 10.1. The third-order valence-corrected chi connectivity index (χ3v) is 4.22. The molecular weight excluding hydrogens is 364 g/mol. The Morgan fingerprint density at radius 1 is 1.21 bits per heavy atom. The third-order valence-electron chi connectivity index (χ3n) is 4.22. The number of ether oxygens (including phenoxy) is 1. The van der Waals surface area contributed by atoms with E-state index in [4.69, 9.17) is 4.74 Å². The van der Waals surface area contributed by atoms with Gasteiger partial charge in [0.1, 0.15) is 17.7 Å². The third kappa shape index (κ3) is 4.25. The van der Waals surface area contributed by atoms with E-state index in [2.05, 4.69) is 10.3 Å². The van der Waals surface area contributed by atoms with Crippen LogP contribution in [0.15, 0.2) is 60.9 Å². The maximum absolute atomic E-state index is 14.3. The number of hydrogen-bond acceptors (Lipinski definition) is 3. The lowest BCUT2D eigenvalue weighted by molar-refractivity contribution is -0.117. The van der Waals surface area contributed by atoms with Crippen LogP contribution in [0.4, 0.5) is 8.78 Å². The van der Waals surface area contributed by atoms with Gasteiger partial charge in [0.15, 0.2) is 11.6 Å². The Hall–Kier alpha value is -3.48. The van der Waals surface area contributed by atoms with Crippen molar-refractivity contribution in [3.05, 3.63) is 89.5 Å².